The third-order valence-corrected chi connectivity index (χ3v) is 7.12. The SMILES string of the molecule is Cc1ncc(-c2c(F)cc([C@H]3C[C@H](F)[C@H](F)c4cc(F)cc(C#N)c43)c3c2[C@H](O)C(F)(F)C3)n1C. The molecule has 0 amide bonds. The predicted octanol–water partition coefficient (Wildman–Crippen LogP) is 5.65. The number of aliphatic hydroxyl groups is 1. The van der Waals surface area contributed by atoms with E-state index < -0.39 is 60.3 Å². The molecule has 5 rings (SSSR count). The highest BCUT2D eigenvalue weighted by molar-refractivity contribution is 5.71. The van der Waals surface area contributed by atoms with Crippen molar-refractivity contribution in [1.29, 1.82) is 5.26 Å². The van der Waals surface area contributed by atoms with Crippen molar-refractivity contribution < 1.29 is 31.4 Å². The molecule has 3 aromatic rings. The number of rotatable bonds is 2. The van der Waals surface area contributed by atoms with E-state index in [-0.39, 0.29) is 39.1 Å². The van der Waals surface area contributed by atoms with E-state index in [0.717, 1.165) is 18.2 Å². The lowest BCUT2D eigenvalue weighted by molar-refractivity contribution is -0.0967. The van der Waals surface area contributed by atoms with Crippen LogP contribution in [0.25, 0.3) is 11.3 Å². The lowest BCUT2D eigenvalue weighted by Crippen LogP contribution is -2.26. The Hall–Kier alpha value is -3.32. The monoisotopic (exact) mass is 491 g/mol. The summed E-state index contributed by atoms with van der Waals surface area (Å²) in [6, 6.07) is 4.34. The fraction of sp³-hybridized carbons (Fsp3) is 0.360. The van der Waals surface area contributed by atoms with Crippen molar-refractivity contribution in [1.82, 2.24) is 9.55 Å². The second kappa shape index (κ2) is 7.85. The van der Waals surface area contributed by atoms with Crippen molar-refractivity contribution in [3.8, 4) is 17.3 Å². The standard InChI is InChI=1S/C25H19F6N3O/c1-10-33-9-19(34(10)2)22-17(27)5-13(16-7-25(30,31)24(35)21(16)22)14-6-18(28)23(29)15-4-12(26)3-11(8-32)20(14)15/h3-5,9,14,18,23-24,35H,6-7H2,1-2H3/t14-,18+,23-,24+/m1/s1. The van der Waals surface area contributed by atoms with Crippen LogP contribution in [-0.4, -0.2) is 26.8 Å². The van der Waals surface area contributed by atoms with Gasteiger partial charge in [0.25, 0.3) is 5.92 Å². The molecule has 0 aliphatic heterocycles. The summed E-state index contributed by atoms with van der Waals surface area (Å²) in [5, 5.41) is 20.1. The van der Waals surface area contributed by atoms with E-state index in [2.05, 4.69) is 4.98 Å². The van der Waals surface area contributed by atoms with Crippen LogP contribution in [0.4, 0.5) is 26.3 Å². The molecule has 4 atom stereocenters. The van der Waals surface area contributed by atoms with Gasteiger partial charge in [0.1, 0.15) is 29.7 Å². The average Bonchev–Trinajstić information content (AvgIpc) is 3.25. The molecule has 4 nitrogen and oxygen atoms in total. The van der Waals surface area contributed by atoms with Gasteiger partial charge in [-0.15, -0.1) is 0 Å². The van der Waals surface area contributed by atoms with Gasteiger partial charge in [0.2, 0.25) is 0 Å². The van der Waals surface area contributed by atoms with Gasteiger partial charge in [-0.3, -0.25) is 0 Å². The third kappa shape index (κ3) is 3.36. The molecule has 0 saturated heterocycles. The molecule has 0 unspecified atom stereocenters. The predicted molar refractivity (Wildman–Crippen MR) is 113 cm³/mol. The van der Waals surface area contributed by atoms with Gasteiger partial charge in [0.15, 0.2) is 6.17 Å². The fourth-order valence-electron chi connectivity index (χ4n) is 5.37. The lowest BCUT2D eigenvalue weighted by atomic mass is 9.73. The van der Waals surface area contributed by atoms with E-state index in [0.29, 0.717) is 5.82 Å². The Balaban J connectivity index is 1.82. The number of aromatic nitrogens is 2. The number of nitrogens with zero attached hydrogens (tertiary/aromatic N) is 3. The van der Waals surface area contributed by atoms with Gasteiger partial charge < -0.3 is 9.67 Å². The van der Waals surface area contributed by atoms with Crippen LogP contribution in [0, 0.1) is 29.9 Å². The van der Waals surface area contributed by atoms with Gasteiger partial charge in [0.05, 0.1) is 23.5 Å². The summed E-state index contributed by atoms with van der Waals surface area (Å²) in [6.07, 6.45) is -6.94. The van der Waals surface area contributed by atoms with Gasteiger partial charge in [-0.2, -0.15) is 5.26 Å². The Labute approximate surface area is 196 Å². The molecule has 1 heterocycles. The van der Waals surface area contributed by atoms with Gasteiger partial charge >= 0.3 is 0 Å². The third-order valence-electron chi connectivity index (χ3n) is 7.12. The van der Waals surface area contributed by atoms with Crippen molar-refractivity contribution in [3.05, 3.63) is 75.2 Å². The molecule has 35 heavy (non-hydrogen) atoms. The van der Waals surface area contributed by atoms with Crippen LogP contribution < -0.4 is 0 Å². The first-order valence-corrected chi connectivity index (χ1v) is 10.9. The van der Waals surface area contributed by atoms with E-state index in [1.807, 2.05) is 0 Å². The number of aryl methyl sites for hydroxylation is 1. The molecule has 0 fully saturated rings. The molecule has 2 aromatic carbocycles. The van der Waals surface area contributed by atoms with Crippen molar-refractivity contribution >= 4 is 0 Å². The summed E-state index contributed by atoms with van der Waals surface area (Å²) in [4.78, 5) is 4.08. The van der Waals surface area contributed by atoms with E-state index in [4.69, 9.17) is 0 Å². The van der Waals surface area contributed by atoms with Crippen LogP contribution in [0.15, 0.2) is 24.4 Å². The highest BCUT2D eigenvalue weighted by Gasteiger charge is 2.51. The highest BCUT2D eigenvalue weighted by atomic mass is 19.3. The van der Waals surface area contributed by atoms with Crippen LogP contribution >= 0.6 is 0 Å². The number of benzene rings is 2. The maximum atomic E-state index is 15.7. The van der Waals surface area contributed by atoms with Crippen molar-refractivity contribution in [3.63, 3.8) is 0 Å². The first-order chi connectivity index (χ1) is 16.5. The van der Waals surface area contributed by atoms with Gasteiger partial charge in [-0.05, 0) is 53.8 Å². The van der Waals surface area contributed by atoms with E-state index in [1.54, 1.807) is 20.0 Å². The van der Waals surface area contributed by atoms with Gasteiger partial charge in [-0.1, -0.05) is 0 Å². The first-order valence-electron chi connectivity index (χ1n) is 10.9. The maximum absolute atomic E-state index is 15.7. The Morgan fingerprint density at radius 1 is 1.14 bits per heavy atom. The quantitative estimate of drug-likeness (QED) is 0.471. The Bertz CT molecular complexity index is 1410. The largest absolute Gasteiger partial charge is 0.382 e. The second-order valence-electron chi connectivity index (χ2n) is 9.08. The molecule has 2 aliphatic rings. The fourth-order valence-corrected chi connectivity index (χ4v) is 5.37. The molecule has 0 spiro atoms. The van der Waals surface area contributed by atoms with E-state index >= 15 is 4.39 Å². The number of hydrogen-bond acceptors (Lipinski definition) is 3. The van der Waals surface area contributed by atoms with Crippen LogP contribution in [-0.2, 0) is 13.5 Å². The van der Waals surface area contributed by atoms with Crippen molar-refractivity contribution in [2.24, 2.45) is 7.05 Å². The molecule has 1 aromatic heterocycles. The Kier molecular flexibility index (Phi) is 5.25. The number of alkyl halides is 4. The molecule has 2 aliphatic carbocycles. The average molecular weight is 491 g/mol. The number of nitriles is 1. The van der Waals surface area contributed by atoms with E-state index in [1.165, 1.54) is 10.8 Å². The van der Waals surface area contributed by atoms with Crippen molar-refractivity contribution in [2.75, 3.05) is 0 Å². The van der Waals surface area contributed by atoms with Crippen LogP contribution in [0.1, 0.15) is 63.8 Å². The zero-order valence-corrected chi connectivity index (χ0v) is 18.6. The molecule has 10 heteroatoms. The Morgan fingerprint density at radius 2 is 1.86 bits per heavy atom. The number of fused-ring (bicyclic) bond motifs is 2. The second-order valence-corrected chi connectivity index (χ2v) is 9.08. The number of hydrogen-bond donors (Lipinski definition) is 1. The molecule has 0 saturated carbocycles. The minimum atomic E-state index is -3.65. The first kappa shape index (κ1) is 23.4. The van der Waals surface area contributed by atoms with Crippen LogP contribution in [0.3, 0.4) is 0 Å². The summed E-state index contributed by atoms with van der Waals surface area (Å²) in [5.74, 6) is -6.28. The number of halogens is 6. The topological polar surface area (TPSA) is 61.8 Å². The van der Waals surface area contributed by atoms with Crippen molar-refractivity contribution in [2.45, 2.75) is 50.1 Å². The molecule has 1 N–H and O–H groups in total. The van der Waals surface area contributed by atoms with Crippen LogP contribution in [0.5, 0.6) is 0 Å². The van der Waals surface area contributed by atoms with Gasteiger partial charge in [0, 0.05) is 30.5 Å². The minimum Gasteiger partial charge on any atom is -0.382 e. The smallest absolute Gasteiger partial charge is 0.281 e. The number of imidazole rings is 1. The van der Waals surface area contributed by atoms with Gasteiger partial charge in [-0.25, -0.2) is 31.3 Å². The van der Waals surface area contributed by atoms with E-state index in [9.17, 15) is 32.3 Å². The zero-order chi connectivity index (χ0) is 25.4. The summed E-state index contributed by atoms with van der Waals surface area (Å²) < 4.78 is 90.3. The molecule has 182 valence electrons. The Morgan fingerprint density at radius 3 is 2.49 bits per heavy atom. The minimum absolute atomic E-state index is 0.0641. The lowest BCUT2D eigenvalue weighted by Gasteiger charge is -2.33. The normalized spacial score (nSPS) is 24.7. The van der Waals surface area contributed by atoms with Crippen LogP contribution in [0.2, 0.25) is 0 Å². The summed E-state index contributed by atoms with van der Waals surface area (Å²) in [7, 11) is 1.57. The molecule has 0 bridgehead atoms. The molecular formula is C25H19F6N3O. The summed E-state index contributed by atoms with van der Waals surface area (Å²) >= 11 is 0. The molecular weight excluding hydrogens is 472 g/mol. The molecule has 0 radical (unpaired) electrons. The highest BCUT2D eigenvalue weighted by Crippen LogP contribution is 2.54. The number of aliphatic hydroxyl groups excluding tert-OH is 1. The zero-order valence-electron chi connectivity index (χ0n) is 18.6. The maximum Gasteiger partial charge on any atom is 0.281 e. The summed E-state index contributed by atoms with van der Waals surface area (Å²) in [5.41, 5.74) is -1.40. The summed E-state index contributed by atoms with van der Waals surface area (Å²) in [6.45, 7) is 1.64.